The van der Waals surface area contributed by atoms with Crippen LogP contribution in [0.15, 0.2) is 29.4 Å². The number of esters is 1. The topological polar surface area (TPSA) is 80.2 Å². The number of likely N-dealkylation sites (N-methyl/N-ethyl adjacent to an activating group) is 1. The number of para-hydroxylation sites is 1. The number of ether oxygens (including phenoxy) is 2. The zero-order valence-corrected chi connectivity index (χ0v) is 13.1. The number of hydrazone groups is 1. The fourth-order valence-electron chi connectivity index (χ4n) is 1.64. The molecule has 0 heterocycles. The van der Waals surface area contributed by atoms with Crippen molar-refractivity contribution in [2.24, 2.45) is 5.10 Å². The summed E-state index contributed by atoms with van der Waals surface area (Å²) in [6, 6.07) is 6.81. The summed E-state index contributed by atoms with van der Waals surface area (Å²) in [5.74, 6) is -0.403. The minimum atomic E-state index is -0.841. The van der Waals surface area contributed by atoms with Crippen molar-refractivity contribution in [2.45, 2.75) is 6.92 Å². The third-order valence-electron chi connectivity index (χ3n) is 2.67. The normalized spacial score (nSPS) is 11.0. The highest BCUT2D eigenvalue weighted by molar-refractivity contribution is 5.86. The Morgan fingerprint density at radius 3 is 2.83 bits per heavy atom. The number of amides is 1. The van der Waals surface area contributed by atoms with Crippen LogP contribution in [-0.4, -0.2) is 56.6 Å². The first-order chi connectivity index (χ1) is 11.0. The van der Waals surface area contributed by atoms with Crippen LogP contribution in [0, 0.1) is 0 Å². The predicted molar refractivity (Wildman–Crippen MR) is 82.9 cm³/mol. The lowest BCUT2D eigenvalue weighted by Crippen LogP contribution is -2.34. The molecule has 1 aromatic carbocycles. The second-order valence-electron chi connectivity index (χ2n) is 4.68. The molecule has 0 aliphatic carbocycles. The highest BCUT2D eigenvalue weighted by Crippen LogP contribution is 2.15. The molecule has 1 N–H and O–H groups in total. The molecule has 8 heteroatoms. The van der Waals surface area contributed by atoms with Gasteiger partial charge < -0.3 is 9.47 Å². The van der Waals surface area contributed by atoms with E-state index >= 15 is 0 Å². The van der Waals surface area contributed by atoms with Crippen LogP contribution in [0.2, 0.25) is 0 Å². The Balaban J connectivity index is 2.46. The molecular weight excluding hydrogens is 305 g/mol. The van der Waals surface area contributed by atoms with E-state index in [1.807, 2.05) is 0 Å². The number of rotatable bonds is 9. The molecule has 0 saturated carbocycles. The molecule has 0 radical (unpaired) electrons. The summed E-state index contributed by atoms with van der Waals surface area (Å²) < 4.78 is 21.4. The van der Waals surface area contributed by atoms with Crippen molar-refractivity contribution in [1.29, 1.82) is 0 Å². The van der Waals surface area contributed by atoms with Gasteiger partial charge in [-0.25, -0.2) is 9.82 Å². The van der Waals surface area contributed by atoms with Crippen molar-refractivity contribution in [3.8, 4) is 5.75 Å². The Hall–Kier alpha value is -2.32. The number of halogens is 1. The summed E-state index contributed by atoms with van der Waals surface area (Å²) >= 11 is 0. The summed E-state index contributed by atoms with van der Waals surface area (Å²) in [7, 11) is 1.71. The number of benzene rings is 1. The van der Waals surface area contributed by atoms with Crippen LogP contribution in [0.1, 0.15) is 12.5 Å². The summed E-state index contributed by atoms with van der Waals surface area (Å²) in [5, 5.41) is 3.83. The fraction of sp³-hybridized carbons (Fsp3) is 0.400. The van der Waals surface area contributed by atoms with Crippen molar-refractivity contribution in [1.82, 2.24) is 10.3 Å². The van der Waals surface area contributed by atoms with E-state index in [1.165, 1.54) is 13.1 Å². The zero-order chi connectivity index (χ0) is 17.1. The van der Waals surface area contributed by atoms with E-state index in [1.54, 1.807) is 36.2 Å². The van der Waals surface area contributed by atoms with Gasteiger partial charge >= 0.3 is 5.97 Å². The average Bonchev–Trinajstić information content (AvgIpc) is 2.48. The van der Waals surface area contributed by atoms with E-state index in [0.717, 1.165) is 0 Å². The van der Waals surface area contributed by atoms with Gasteiger partial charge in [0.25, 0.3) is 5.91 Å². The second kappa shape index (κ2) is 10.4. The molecule has 0 saturated heterocycles. The highest BCUT2D eigenvalue weighted by Gasteiger charge is 2.06. The van der Waals surface area contributed by atoms with Crippen molar-refractivity contribution in [2.75, 3.05) is 33.6 Å². The van der Waals surface area contributed by atoms with Crippen LogP contribution in [0.3, 0.4) is 0 Å². The lowest BCUT2D eigenvalue weighted by molar-refractivity contribution is -0.132. The SMILES string of the molecule is CC(=O)Oc1ccccc1/C=N/NC(=O)CN(C)CCOCF. The van der Waals surface area contributed by atoms with Gasteiger partial charge in [0.15, 0.2) is 6.86 Å². The monoisotopic (exact) mass is 325 g/mol. The molecular formula is C15H20FN3O4. The van der Waals surface area contributed by atoms with Gasteiger partial charge in [-0.05, 0) is 19.2 Å². The van der Waals surface area contributed by atoms with E-state index in [-0.39, 0.29) is 19.1 Å². The largest absolute Gasteiger partial charge is 0.426 e. The number of hydrogen-bond acceptors (Lipinski definition) is 6. The molecule has 0 aromatic heterocycles. The maximum Gasteiger partial charge on any atom is 0.308 e. The van der Waals surface area contributed by atoms with Gasteiger partial charge in [0, 0.05) is 19.0 Å². The van der Waals surface area contributed by atoms with Gasteiger partial charge in [-0.15, -0.1) is 0 Å². The first-order valence-electron chi connectivity index (χ1n) is 6.94. The van der Waals surface area contributed by atoms with E-state index in [9.17, 15) is 14.0 Å². The first kappa shape index (κ1) is 18.7. The lowest BCUT2D eigenvalue weighted by Gasteiger charge is -2.14. The van der Waals surface area contributed by atoms with Gasteiger partial charge in [-0.3, -0.25) is 14.5 Å². The lowest BCUT2D eigenvalue weighted by atomic mass is 10.2. The van der Waals surface area contributed by atoms with Crippen molar-refractivity contribution >= 4 is 18.1 Å². The van der Waals surface area contributed by atoms with E-state index in [4.69, 9.17) is 4.74 Å². The van der Waals surface area contributed by atoms with Crippen molar-refractivity contribution < 1.29 is 23.5 Å². The molecule has 0 unspecified atom stereocenters. The number of carbonyl (C=O) groups excluding carboxylic acids is 2. The van der Waals surface area contributed by atoms with Crippen molar-refractivity contribution in [3.05, 3.63) is 29.8 Å². The van der Waals surface area contributed by atoms with Gasteiger partial charge in [0.1, 0.15) is 5.75 Å². The molecule has 126 valence electrons. The first-order valence-corrected chi connectivity index (χ1v) is 6.94. The standard InChI is InChI=1S/C15H20FN3O4/c1-12(20)23-14-6-4-3-5-13(14)9-17-18-15(21)10-19(2)7-8-22-11-16/h3-6,9H,7-8,10-11H2,1-2H3,(H,18,21)/b17-9+. The molecule has 1 rings (SSSR count). The van der Waals surface area contributed by atoms with Crippen molar-refractivity contribution in [3.63, 3.8) is 0 Å². The maximum atomic E-state index is 11.8. The molecule has 0 bridgehead atoms. The summed E-state index contributed by atoms with van der Waals surface area (Å²) in [5.41, 5.74) is 2.93. The van der Waals surface area contributed by atoms with Gasteiger partial charge in [0.05, 0.1) is 19.4 Å². The molecule has 0 aliphatic rings. The number of nitrogens with one attached hydrogen (secondary N) is 1. The predicted octanol–water partition coefficient (Wildman–Crippen LogP) is 0.937. The molecule has 1 aromatic rings. The van der Waals surface area contributed by atoms with Crippen LogP contribution < -0.4 is 10.2 Å². The Kier molecular flexibility index (Phi) is 8.48. The molecule has 23 heavy (non-hydrogen) atoms. The Morgan fingerprint density at radius 2 is 2.13 bits per heavy atom. The van der Waals surface area contributed by atoms with Crippen LogP contribution in [-0.2, 0) is 14.3 Å². The van der Waals surface area contributed by atoms with Crippen LogP contribution in [0.4, 0.5) is 4.39 Å². The summed E-state index contributed by atoms with van der Waals surface area (Å²) in [4.78, 5) is 24.3. The maximum absolute atomic E-state index is 11.8. The van der Waals surface area contributed by atoms with Crippen LogP contribution in [0.5, 0.6) is 5.75 Å². The summed E-state index contributed by atoms with van der Waals surface area (Å²) in [6.07, 6.45) is 1.39. The van der Waals surface area contributed by atoms with Gasteiger partial charge in [0.2, 0.25) is 0 Å². The van der Waals surface area contributed by atoms with Gasteiger partial charge in [-0.1, -0.05) is 12.1 Å². The number of carbonyl (C=O) groups is 2. The molecule has 0 spiro atoms. The Morgan fingerprint density at radius 1 is 1.39 bits per heavy atom. The van der Waals surface area contributed by atoms with Gasteiger partial charge in [-0.2, -0.15) is 5.10 Å². The molecule has 7 nitrogen and oxygen atoms in total. The Labute approximate surface area is 134 Å². The average molecular weight is 325 g/mol. The minimum absolute atomic E-state index is 0.0958. The number of nitrogens with zero attached hydrogens (tertiary/aromatic N) is 2. The highest BCUT2D eigenvalue weighted by atomic mass is 19.1. The van der Waals surface area contributed by atoms with Crippen LogP contribution in [0.25, 0.3) is 0 Å². The van der Waals surface area contributed by atoms with Crippen LogP contribution >= 0.6 is 0 Å². The number of hydrogen-bond donors (Lipinski definition) is 1. The Bertz CT molecular complexity index is 551. The quantitative estimate of drug-likeness (QED) is 0.240. The summed E-state index contributed by atoms with van der Waals surface area (Å²) in [6.45, 7) is 1.19. The fourth-order valence-corrected chi connectivity index (χ4v) is 1.64. The zero-order valence-electron chi connectivity index (χ0n) is 13.1. The third-order valence-corrected chi connectivity index (χ3v) is 2.67. The van der Waals surface area contributed by atoms with E-state index < -0.39 is 12.8 Å². The molecule has 0 fully saturated rings. The molecule has 0 aliphatic heterocycles. The van der Waals surface area contributed by atoms with E-state index in [2.05, 4.69) is 15.3 Å². The molecule has 1 amide bonds. The third kappa shape index (κ3) is 8.03. The number of alkyl halides is 1. The smallest absolute Gasteiger partial charge is 0.308 e. The van der Waals surface area contributed by atoms with E-state index in [0.29, 0.717) is 17.9 Å². The molecule has 0 atom stereocenters. The second-order valence-corrected chi connectivity index (χ2v) is 4.68. The minimum Gasteiger partial charge on any atom is -0.426 e.